The van der Waals surface area contributed by atoms with Crippen molar-refractivity contribution < 1.29 is 32.5 Å². The summed E-state index contributed by atoms with van der Waals surface area (Å²) in [7, 11) is 0. The molecule has 0 bridgehead atoms. The number of aliphatic hydroxyl groups excluding tert-OH is 1. The molecule has 3 heterocycles. The third-order valence-corrected chi connectivity index (χ3v) is 6.79. The van der Waals surface area contributed by atoms with E-state index in [1.54, 1.807) is 12.1 Å². The van der Waals surface area contributed by atoms with Gasteiger partial charge in [-0.3, -0.25) is 9.78 Å². The smallest absolute Gasteiger partial charge is 0.433 e. The molecular weight excluding hydrogens is 473 g/mol. The Morgan fingerprint density at radius 1 is 1.11 bits per heavy atom. The second-order valence-corrected chi connectivity index (χ2v) is 9.28. The van der Waals surface area contributed by atoms with Gasteiger partial charge in [-0.1, -0.05) is 18.2 Å². The van der Waals surface area contributed by atoms with Crippen LogP contribution in [0.15, 0.2) is 54.7 Å². The Hall–Kier alpha value is -3.43. The minimum atomic E-state index is -4.64. The van der Waals surface area contributed by atoms with E-state index in [1.165, 1.54) is 6.07 Å². The zero-order valence-corrected chi connectivity index (χ0v) is 19.6. The average molecular weight is 499 g/mol. The molecule has 2 aromatic carbocycles. The van der Waals surface area contributed by atoms with Crippen LogP contribution in [0.3, 0.4) is 0 Å². The van der Waals surface area contributed by atoms with Gasteiger partial charge in [-0.15, -0.1) is 0 Å². The van der Waals surface area contributed by atoms with Crippen molar-refractivity contribution in [3.8, 4) is 16.9 Å². The summed E-state index contributed by atoms with van der Waals surface area (Å²) in [6.45, 7) is 3.10. The molecular formula is C27H25F3N2O4. The molecule has 1 amide bonds. The number of carbonyl (C=O) groups is 1. The highest BCUT2D eigenvalue weighted by atomic mass is 19.4. The van der Waals surface area contributed by atoms with E-state index in [2.05, 4.69) is 10.3 Å². The number of ether oxygens (including phenoxy) is 2. The number of nitrogens with one attached hydrogen (secondary N) is 1. The number of anilines is 1. The molecule has 188 valence electrons. The molecule has 2 N–H and O–H groups in total. The Bertz CT molecular complexity index is 1300. The molecule has 1 fully saturated rings. The van der Waals surface area contributed by atoms with E-state index in [4.69, 9.17) is 9.47 Å². The number of hydrogen-bond donors (Lipinski definition) is 2. The fourth-order valence-corrected chi connectivity index (χ4v) is 4.79. The monoisotopic (exact) mass is 498 g/mol. The molecule has 0 saturated carbocycles. The SMILES string of the molecule is Cc1ccc(NC(=O)c2ccnc(C(F)(F)F)c2)cc1-c1ccc2c(c1)OC1(CCOCC1)CC2O. The fourth-order valence-electron chi connectivity index (χ4n) is 4.79. The van der Waals surface area contributed by atoms with Gasteiger partial charge in [0, 0.05) is 42.3 Å². The molecule has 2 aliphatic rings. The Balaban J connectivity index is 1.42. The highest BCUT2D eigenvalue weighted by Crippen LogP contribution is 2.45. The number of pyridine rings is 1. The number of aryl methyl sites for hydroxylation is 1. The van der Waals surface area contributed by atoms with Gasteiger partial charge < -0.3 is 19.9 Å². The van der Waals surface area contributed by atoms with E-state index >= 15 is 0 Å². The molecule has 1 aromatic heterocycles. The first kappa shape index (κ1) is 24.3. The van der Waals surface area contributed by atoms with Gasteiger partial charge in [-0.25, -0.2) is 0 Å². The predicted octanol–water partition coefficient (Wildman–Crippen LogP) is 5.69. The maximum Gasteiger partial charge on any atom is 0.433 e. The Morgan fingerprint density at radius 3 is 2.64 bits per heavy atom. The minimum absolute atomic E-state index is 0.141. The lowest BCUT2D eigenvalue weighted by molar-refractivity contribution is -0.141. The minimum Gasteiger partial charge on any atom is -0.487 e. The van der Waals surface area contributed by atoms with Gasteiger partial charge in [0.1, 0.15) is 17.0 Å². The van der Waals surface area contributed by atoms with E-state index in [-0.39, 0.29) is 5.56 Å². The fraction of sp³-hybridized carbons (Fsp3) is 0.333. The lowest BCUT2D eigenvalue weighted by Gasteiger charge is -2.43. The summed E-state index contributed by atoms with van der Waals surface area (Å²) >= 11 is 0. The van der Waals surface area contributed by atoms with Crippen LogP contribution >= 0.6 is 0 Å². The lowest BCUT2D eigenvalue weighted by atomic mass is 9.83. The topological polar surface area (TPSA) is 80.7 Å². The summed E-state index contributed by atoms with van der Waals surface area (Å²) in [5, 5.41) is 13.4. The number of rotatable bonds is 3. The maximum atomic E-state index is 13.0. The van der Waals surface area contributed by atoms with Crippen molar-refractivity contribution in [2.75, 3.05) is 18.5 Å². The van der Waals surface area contributed by atoms with E-state index < -0.39 is 29.5 Å². The summed E-state index contributed by atoms with van der Waals surface area (Å²) in [5.74, 6) is -0.0467. The van der Waals surface area contributed by atoms with Crippen LogP contribution in [0.2, 0.25) is 0 Å². The van der Waals surface area contributed by atoms with Crippen LogP contribution in [0.1, 0.15) is 52.5 Å². The molecule has 3 aromatic rings. The van der Waals surface area contributed by atoms with Crippen molar-refractivity contribution in [1.29, 1.82) is 0 Å². The van der Waals surface area contributed by atoms with Crippen molar-refractivity contribution in [2.45, 2.75) is 44.1 Å². The number of fused-ring (bicyclic) bond motifs is 1. The quantitative estimate of drug-likeness (QED) is 0.485. The van der Waals surface area contributed by atoms with Crippen LogP contribution in [0.25, 0.3) is 11.1 Å². The molecule has 0 aliphatic carbocycles. The normalized spacial score (nSPS) is 18.9. The molecule has 9 heteroatoms. The number of benzene rings is 2. The van der Waals surface area contributed by atoms with Crippen LogP contribution < -0.4 is 10.1 Å². The molecule has 6 nitrogen and oxygen atoms in total. The predicted molar refractivity (Wildman–Crippen MR) is 127 cm³/mol. The second kappa shape index (κ2) is 9.22. The first-order chi connectivity index (χ1) is 17.1. The molecule has 1 atom stereocenters. The van der Waals surface area contributed by atoms with Gasteiger partial charge in [0.2, 0.25) is 0 Å². The number of halogens is 3. The molecule has 36 heavy (non-hydrogen) atoms. The maximum absolute atomic E-state index is 13.0. The lowest BCUT2D eigenvalue weighted by Crippen LogP contribution is -2.45. The number of carbonyl (C=O) groups excluding carboxylic acids is 1. The van der Waals surface area contributed by atoms with Gasteiger partial charge in [0.05, 0.1) is 19.3 Å². The molecule has 1 spiro atoms. The van der Waals surface area contributed by atoms with Crippen molar-refractivity contribution in [2.24, 2.45) is 0 Å². The van der Waals surface area contributed by atoms with Crippen molar-refractivity contribution in [3.05, 3.63) is 77.1 Å². The zero-order chi connectivity index (χ0) is 25.5. The van der Waals surface area contributed by atoms with E-state index in [0.29, 0.717) is 43.9 Å². The van der Waals surface area contributed by atoms with E-state index in [0.717, 1.165) is 34.5 Å². The molecule has 1 unspecified atom stereocenters. The number of hydrogen-bond acceptors (Lipinski definition) is 5. The summed E-state index contributed by atoms with van der Waals surface area (Å²) in [6.07, 6.45) is -2.37. The number of aromatic nitrogens is 1. The van der Waals surface area contributed by atoms with Crippen LogP contribution in [-0.2, 0) is 10.9 Å². The third-order valence-electron chi connectivity index (χ3n) is 6.79. The van der Waals surface area contributed by atoms with Crippen LogP contribution in [0.5, 0.6) is 5.75 Å². The van der Waals surface area contributed by atoms with Crippen molar-refractivity contribution >= 4 is 11.6 Å². The molecule has 0 radical (unpaired) electrons. The van der Waals surface area contributed by atoms with Gasteiger partial charge in [0.15, 0.2) is 0 Å². The van der Waals surface area contributed by atoms with Crippen molar-refractivity contribution in [1.82, 2.24) is 4.98 Å². The highest BCUT2D eigenvalue weighted by molar-refractivity contribution is 6.04. The Labute approximate surface area is 206 Å². The summed E-state index contributed by atoms with van der Waals surface area (Å²) in [4.78, 5) is 16.0. The average Bonchev–Trinajstić information content (AvgIpc) is 2.85. The Morgan fingerprint density at radius 2 is 1.89 bits per heavy atom. The first-order valence-electron chi connectivity index (χ1n) is 11.7. The summed E-state index contributed by atoms with van der Waals surface area (Å²) in [5.41, 5.74) is 2.05. The Kier molecular flexibility index (Phi) is 6.22. The second-order valence-electron chi connectivity index (χ2n) is 9.28. The largest absolute Gasteiger partial charge is 0.487 e. The highest BCUT2D eigenvalue weighted by Gasteiger charge is 2.42. The van der Waals surface area contributed by atoms with Gasteiger partial charge in [-0.05, 0) is 53.9 Å². The summed E-state index contributed by atoms with van der Waals surface area (Å²) < 4.78 is 50.8. The summed E-state index contributed by atoms with van der Waals surface area (Å²) in [6, 6.07) is 12.9. The van der Waals surface area contributed by atoms with Crippen LogP contribution in [-0.4, -0.2) is 34.8 Å². The van der Waals surface area contributed by atoms with E-state index in [9.17, 15) is 23.1 Å². The molecule has 5 rings (SSSR count). The van der Waals surface area contributed by atoms with Gasteiger partial charge >= 0.3 is 6.18 Å². The van der Waals surface area contributed by atoms with Gasteiger partial charge in [-0.2, -0.15) is 13.2 Å². The standard InChI is InChI=1S/C27H25F3N2O4/c1-16-2-4-19(32-25(34)18-6-9-31-24(13-18)27(28,29)30)14-21(16)17-3-5-20-22(33)15-26(36-23(20)12-17)7-10-35-11-8-26/h2-6,9,12-14,22,33H,7-8,10-11,15H2,1H3,(H,32,34). The first-order valence-corrected chi connectivity index (χ1v) is 11.7. The molecule has 2 aliphatic heterocycles. The number of alkyl halides is 3. The number of aliphatic hydroxyl groups is 1. The van der Waals surface area contributed by atoms with Crippen LogP contribution in [0, 0.1) is 6.92 Å². The van der Waals surface area contributed by atoms with Crippen molar-refractivity contribution in [3.63, 3.8) is 0 Å². The number of nitrogens with zero attached hydrogens (tertiary/aromatic N) is 1. The molecule has 1 saturated heterocycles. The van der Waals surface area contributed by atoms with Gasteiger partial charge in [0.25, 0.3) is 5.91 Å². The van der Waals surface area contributed by atoms with E-state index in [1.807, 2.05) is 31.2 Å². The number of amides is 1. The van der Waals surface area contributed by atoms with Crippen LogP contribution in [0.4, 0.5) is 18.9 Å². The third kappa shape index (κ3) is 4.81. The zero-order valence-electron chi connectivity index (χ0n) is 19.6.